The molecular formula is C60H62N4. The van der Waals surface area contributed by atoms with Crippen LogP contribution in [0.25, 0.3) is 54.6 Å². The van der Waals surface area contributed by atoms with Crippen molar-refractivity contribution in [3.8, 4) is 22.3 Å². The maximum atomic E-state index is 2.69. The third-order valence-corrected chi connectivity index (χ3v) is 17.7. The van der Waals surface area contributed by atoms with Crippen molar-refractivity contribution in [2.24, 2.45) is 0 Å². The molecule has 4 atom stereocenters. The van der Waals surface area contributed by atoms with Gasteiger partial charge >= 0.3 is 0 Å². The number of nitrogens with zero attached hydrogens (tertiary/aromatic N) is 4. The maximum absolute atomic E-state index is 2.69. The van der Waals surface area contributed by atoms with E-state index in [9.17, 15) is 0 Å². The van der Waals surface area contributed by atoms with E-state index in [4.69, 9.17) is 0 Å². The Kier molecular flexibility index (Phi) is 8.51. The summed E-state index contributed by atoms with van der Waals surface area (Å²) >= 11 is 0. The minimum absolute atomic E-state index is 0.0193. The van der Waals surface area contributed by atoms with Gasteiger partial charge in [0.05, 0.1) is 11.1 Å². The lowest BCUT2D eigenvalue weighted by atomic mass is 9.61. The van der Waals surface area contributed by atoms with Crippen molar-refractivity contribution in [3.05, 3.63) is 145 Å². The van der Waals surface area contributed by atoms with Crippen molar-refractivity contribution in [1.82, 2.24) is 0 Å². The van der Waals surface area contributed by atoms with E-state index in [-0.39, 0.29) is 21.9 Å². The molecule has 4 nitrogen and oxygen atoms in total. The van der Waals surface area contributed by atoms with Crippen LogP contribution in [-0.4, -0.2) is 39.3 Å². The summed E-state index contributed by atoms with van der Waals surface area (Å²) in [6.45, 7) is 10.2. The lowest BCUT2D eigenvalue weighted by Gasteiger charge is -2.50. The summed E-state index contributed by atoms with van der Waals surface area (Å²) in [7, 11) is 8.48. The lowest BCUT2D eigenvalue weighted by Crippen LogP contribution is -2.54. The molecule has 0 aromatic heterocycles. The second-order valence-corrected chi connectivity index (χ2v) is 21.3. The van der Waals surface area contributed by atoms with Crippen LogP contribution in [0.4, 0.5) is 34.1 Å². The van der Waals surface area contributed by atoms with Crippen LogP contribution in [0.2, 0.25) is 0 Å². The smallest absolute Gasteiger partial charge is 0.0517 e. The van der Waals surface area contributed by atoms with Crippen molar-refractivity contribution in [1.29, 1.82) is 0 Å². The normalized spacial score (nSPS) is 24.9. The van der Waals surface area contributed by atoms with Crippen LogP contribution < -0.4 is 19.6 Å². The maximum Gasteiger partial charge on any atom is 0.0517 e. The van der Waals surface area contributed by atoms with Crippen LogP contribution in [-0.2, 0) is 10.8 Å². The number of benzene rings is 8. The van der Waals surface area contributed by atoms with Crippen LogP contribution in [0, 0.1) is 0 Å². The zero-order valence-corrected chi connectivity index (χ0v) is 39.1. The summed E-state index contributed by atoms with van der Waals surface area (Å²) in [5, 5.41) is 8.01. The number of hydrogen-bond acceptors (Lipinski definition) is 4. The second-order valence-electron chi connectivity index (χ2n) is 21.3. The lowest BCUT2D eigenvalue weighted by molar-refractivity contribution is 0.195. The van der Waals surface area contributed by atoms with E-state index >= 15 is 0 Å². The van der Waals surface area contributed by atoms with E-state index in [1.54, 1.807) is 0 Å². The highest BCUT2D eigenvalue weighted by Gasteiger charge is 2.59. The van der Waals surface area contributed by atoms with Crippen molar-refractivity contribution < 1.29 is 0 Å². The first-order valence-corrected chi connectivity index (χ1v) is 24.0. The zero-order valence-electron chi connectivity index (χ0n) is 39.1. The molecule has 64 heavy (non-hydrogen) atoms. The zero-order chi connectivity index (χ0) is 43.9. The molecule has 0 spiro atoms. The van der Waals surface area contributed by atoms with Gasteiger partial charge in [0.15, 0.2) is 0 Å². The van der Waals surface area contributed by atoms with Gasteiger partial charge in [-0.15, -0.1) is 0 Å². The van der Waals surface area contributed by atoms with Crippen molar-refractivity contribution >= 4 is 66.4 Å². The first-order valence-electron chi connectivity index (χ1n) is 24.0. The van der Waals surface area contributed by atoms with E-state index < -0.39 is 0 Å². The molecule has 2 fully saturated rings. The summed E-state index contributed by atoms with van der Waals surface area (Å²) in [5.41, 5.74) is 16.2. The van der Waals surface area contributed by atoms with E-state index in [0.717, 1.165) is 0 Å². The standard InChI is InChI=1S/C60H62N4/c1-57-29-9-11-31-59(57,3)63(49-23-19-47(20-24-49)61(5)6)53-27-17-39(37-51(53)57)45-33-41-13-15-43-35-46(36-44-16-14-42(34-45)55(41)56(43)44)40-18-28-54-52(38-40)58(2)30-10-12-32-60(58,4)64(54)50-25-21-48(22-26-50)62(7)8/h13-28,33-38H,9-12,29-32H2,1-8H3. The molecule has 8 aromatic carbocycles. The molecule has 4 unspecified atom stereocenters. The Bertz CT molecular complexity index is 2870. The molecule has 0 saturated heterocycles. The molecule has 2 aliphatic heterocycles. The predicted octanol–water partition coefficient (Wildman–Crippen LogP) is 15.5. The second kappa shape index (κ2) is 13.8. The van der Waals surface area contributed by atoms with Crippen LogP contribution in [0.1, 0.15) is 90.2 Å². The van der Waals surface area contributed by atoms with Gasteiger partial charge in [0.2, 0.25) is 0 Å². The van der Waals surface area contributed by atoms with Crippen molar-refractivity contribution in [3.63, 3.8) is 0 Å². The fourth-order valence-electron chi connectivity index (χ4n) is 13.6. The predicted molar refractivity (Wildman–Crippen MR) is 275 cm³/mol. The summed E-state index contributed by atoms with van der Waals surface area (Å²) in [6.07, 6.45) is 9.92. The molecule has 0 bridgehead atoms. The monoisotopic (exact) mass is 838 g/mol. The topological polar surface area (TPSA) is 13.0 Å². The molecule has 322 valence electrons. The van der Waals surface area contributed by atoms with E-state index in [0.29, 0.717) is 0 Å². The quantitative estimate of drug-likeness (QED) is 0.155. The van der Waals surface area contributed by atoms with Gasteiger partial charge in [-0.2, -0.15) is 0 Å². The van der Waals surface area contributed by atoms with E-state index in [1.165, 1.54) is 151 Å². The Morgan fingerprint density at radius 3 is 1.06 bits per heavy atom. The Morgan fingerprint density at radius 2 is 0.719 bits per heavy atom. The van der Waals surface area contributed by atoms with Crippen LogP contribution in [0.3, 0.4) is 0 Å². The summed E-state index contributed by atoms with van der Waals surface area (Å²) in [4.78, 5) is 9.76. The fraction of sp³-hybridized carbons (Fsp3) is 0.333. The first kappa shape index (κ1) is 39.6. The molecule has 0 N–H and O–H groups in total. The molecule has 8 aromatic rings. The van der Waals surface area contributed by atoms with Crippen LogP contribution in [0.15, 0.2) is 133 Å². The highest BCUT2D eigenvalue weighted by Crippen LogP contribution is 2.63. The van der Waals surface area contributed by atoms with Crippen LogP contribution >= 0.6 is 0 Å². The number of fused-ring (bicyclic) bond motifs is 6. The summed E-state index contributed by atoms with van der Waals surface area (Å²) < 4.78 is 0. The number of anilines is 6. The summed E-state index contributed by atoms with van der Waals surface area (Å²) in [6, 6.07) is 52.5. The van der Waals surface area contributed by atoms with E-state index in [2.05, 4.69) is 209 Å². The SMILES string of the molecule is CN(C)c1ccc(N2c3ccc(-c4cc5ccc6cc(-c7ccc8c(c7)C7(C)CCCCC7(C)N8c7ccc(N(C)C)cc7)cc7ccc(c4)c5c67)cc3C3(C)CCCCC23C)cc1. The van der Waals surface area contributed by atoms with Crippen LogP contribution in [0.5, 0.6) is 0 Å². The minimum atomic E-state index is 0.0193. The molecule has 4 aliphatic rings. The molecule has 4 heteroatoms. The number of hydrogen-bond donors (Lipinski definition) is 0. The van der Waals surface area contributed by atoms with Gasteiger partial charge < -0.3 is 19.6 Å². The Labute approximate surface area is 380 Å². The Balaban J connectivity index is 0.923. The average molecular weight is 839 g/mol. The minimum Gasteiger partial charge on any atom is -0.378 e. The highest BCUT2D eigenvalue weighted by molar-refractivity contribution is 6.24. The van der Waals surface area contributed by atoms with Gasteiger partial charge in [0.1, 0.15) is 0 Å². The summed E-state index contributed by atoms with van der Waals surface area (Å²) in [5.74, 6) is 0. The molecular weight excluding hydrogens is 777 g/mol. The van der Waals surface area contributed by atoms with Gasteiger partial charge in [0.25, 0.3) is 0 Å². The molecule has 2 aliphatic carbocycles. The Hall–Kier alpha value is -6.00. The van der Waals surface area contributed by atoms with Gasteiger partial charge in [-0.05, 0) is 202 Å². The van der Waals surface area contributed by atoms with Gasteiger partial charge in [0, 0.05) is 73.1 Å². The average Bonchev–Trinajstić information content (AvgIpc) is 3.64. The Morgan fingerprint density at radius 1 is 0.375 bits per heavy atom. The van der Waals surface area contributed by atoms with Gasteiger partial charge in [-0.1, -0.05) is 75.9 Å². The van der Waals surface area contributed by atoms with E-state index in [1.807, 2.05) is 0 Å². The molecule has 2 saturated carbocycles. The molecule has 0 amide bonds. The molecule has 2 heterocycles. The first-order chi connectivity index (χ1) is 30.8. The van der Waals surface area contributed by atoms with Crippen molar-refractivity contribution in [2.75, 3.05) is 47.8 Å². The molecule has 0 radical (unpaired) electrons. The number of rotatable bonds is 6. The van der Waals surface area contributed by atoms with Gasteiger partial charge in [-0.25, -0.2) is 0 Å². The largest absolute Gasteiger partial charge is 0.378 e. The fourth-order valence-corrected chi connectivity index (χ4v) is 13.6. The third-order valence-electron chi connectivity index (χ3n) is 17.7. The third kappa shape index (κ3) is 5.35. The van der Waals surface area contributed by atoms with Gasteiger partial charge in [-0.3, -0.25) is 0 Å². The van der Waals surface area contributed by atoms with Crippen molar-refractivity contribution in [2.45, 2.75) is 101 Å². The molecule has 12 rings (SSSR count). The highest BCUT2D eigenvalue weighted by atomic mass is 15.3.